The van der Waals surface area contributed by atoms with E-state index in [-0.39, 0.29) is 11.8 Å². The summed E-state index contributed by atoms with van der Waals surface area (Å²) in [6.07, 6.45) is 5.00. The van der Waals surface area contributed by atoms with Gasteiger partial charge in [0.2, 0.25) is 5.91 Å². The van der Waals surface area contributed by atoms with Crippen molar-refractivity contribution in [2.45, 2.75) is 39.5 Å². The van der Waals surface area contributed by atoms with Gasteiger partial charge in [0.1, 0.15) is 0 Å². The van der Waals surface area contributed by atoms with Crippen molar-refractivity contribution in [2.24, 2.45) is 17.8 Å². The van der Waals surface area contributed by atoms with Crippen molar-refractivity contribution in [1.29, 1.82) is 0 Å². The maximum absolute atomic E-state index is 12.4. The Balaban J connectivity index is 1.73. The van der Waals surface area contributed by atoms with Crippen molar-refractivity contribution in [3.05, 3.63) is 29.3 Å². The molecule has 2 fully saturated rings. The number of aryl methyl sites for hydroxylation is 1. The minimum Gasteiger partial charge on any atom is -0.326 e. The Kier molecular flexibility index (Phi) is 2.89. The molecule has 0 heterocycles. The summed E-state index contributed by atoms with van der Waals surface area (Å²) in [4.78, 5) is 12.4. The molecule has 0 aliphatic heterocycles. The highest BCUT2D eigenvalue weighted by Gasteiger charge is 2.43. The number of carbonyl (C=O) groups excluding carboxylic acids is 1. The third-order valence-corrected chi connectivity index (χ3v) is 4.94. The quantitative estimate of drug-likeness (QED) is 0.843. The summed E-state index contributed by atoms with van der Waals surface area (Å²) in [6.45, 7) is 4.16. The molecule has 0 aromatic heterocycles. The van der Waals surface area contributed by atoms with Gasteiger partial charge in [0, 0.05) is 11.6 Å². The zero-order valence-electron chi connectivity index (χ0n) is 11.2. The van der Waals surface area contributed by atoms with E-state index in [9.17, 15) is 4.79 Å². The topological polar surface area (TPSA) is 29.1 Å². The summed E-state index contributed by atoms with van der Waals surface area (Å²) in [5.41, 5.74) is 3.41. The first-order valence-corrected chi connectivity index (χ1v) is 7.02. The molecule has 3 atom stereocenters. The van der Waals surface area contributed by atoms with E-state index >= 15 is 0 Å². The van der Waals surface area contributed by atoms with Crippen LogP contribution in [0.25, 0.3) is 0 Å². The molecule has 0 radical (unpaired) electrons. The average molecular weight is 243 g/mol. The van der Waals surface area contributed by atoms with Crippen LogP contribution in [0.4, 0.5) is 5.69 Å². The molecule has 0 unspecified atom stereocenters. The van der Waals surface area contributed by atoms with Gasteiger partial charge < -0.3 is 5.32 Å². The van der Waals surface area contributed by atoms with Gasteiger partial charge in [-0.2, -0.15) is 0 Å². The number of benzene rings is 1. The summed E-state index contributed by atoms with van der Waals surface area (Å²) in [5, 5.41) is 3.14. The Hall–Kier alpha value is -1.31. The zero-order chi connectivity index (χ0) is 12.7. The van der Waals surface area contributed by atoms with Crippen molar-refractivity contribution in [3.8, 4) is 0 Å². The van der Waals surface area contributed by atoms with Gasteiger partial charge in [0.25, 0.3) is 0 Å². The molecule has 1 amide bonds. The Morgan fingerprint density at radius 1 is 1.22 bits per heavy atom. The van der Waals surface area contributed by atoms with Gasteiger partial charge in [-0.3, -0.25) is 4.79 Å². The van der Waals surface area contributed by atoms with Crippen LogP contribution in [0.3, 0.4) is 0 Å². The van der Waals surface area contributed by atoms with E-state index in [1.165, 1.54) is 30.4 Å². The van der Waals surface area contributed by atoms with Gasteiger partial charge in [-0.05, 0) is 62.1 Å². The number of fused-ring (bicyclic) bond motifs is 2. The molecule has 18 heavy (non-hydrogen) atoms. The highest BCUT2D eigenvalue weighted by Crippen LogP contribution is 2.48. The van der Waals surface area contributed by atoms with Crippen molar-refractivity contribution < 1.29 is 4.79 Å². The summed E-state index contributed by atoms with van der Waals surface area (Å²) in [6, 6.07) is 6.11. The monoisotopic (exact) mass is 243 g/mol. The molecular weight excluding hydrogens is 222 g/mol. The van der Waals surface area contributed by atoms with Gasteiger partial charge in [-0.25, -0.2) is 0 Å². The summed E-state index contributed by atoms with van der Waals surface area (Å²) in [5.74, 6) is 1.99. The molecule has 96 valence electrons. The predicted molar refractivity (Wildman–Crippen MR) is 73.5 cm³/mol. The third-order valence-electron chi connectivity index (χ3n) is 4.94. The normalized spacial score (nSPS) is 29.6. The summed E-state index contributed by atoms with van der Waals surface area (Å²) in [7, 11) is 0. The molecule has 0 spiro atoms. The Labute approximate surface area is 109 Å². The number of amides is 1. The fourth-order valence-electron chi connectivity index (χ4n) is 3.68. The first-order valence-electron chi connectivity index (χ1n) is 7.02. The Bertz CT molecular complexity index is 480. The van der Waals surface area contributed by atoms with E-state index in [0.717, 1.165) is 18.0 Å². The lowest BCUT2D eigenvalue weighted by Crippen LogP contribution is -2.27. The number of hydrogen-bond donors (Lipinski definition) is 1. The van der Waals surface area contributed by atoms with Crippen molar-refractivity contribution in [3.63, 3.8) is 0 Å². The number of nitrogens with one attached hydrogen (secondary N) is 1. The molecule has 2 nitrogen and oxygen atoms in total. The van der Waals surface area contributed by atoms with E-state index in [2.05, 4.69) is 25.2 Å². The number of anilines is 1. The van der Waals surface area contributed by atoms with Gasteiger partial charge in [-0.1, -0.05) is 18.6 Å². The Morgan fingerprint density at radius 2 is 2.06 bits per heavy atom. The Morgan fingerprint density at radius 3 is 2.72 bits per heavy atom. The summed E-state index contributed by atoms with van der Waals surface area (Å²) >= 11 is 0. The van der Waals surface area contributed by atoms with Crippen LogP contribution >= 0.6 is 0 Å². The van der Waals surface area contributed by atoms with Crippen LogP contribution in [-0.4, -0.2) is 5.91 Å². The van der Waals surface area contributed by atoms with Crippen LogP contribution in [0, 0.1) is 31.6 Å². The first kappa shape index (κ1) is 11.8. The number of rotatable bonds is 2. The van der Waals surface area contributed by atoms with Gasteiger partial charge in [0.05, 0.1) is 0 Å². The van der Waals surface area contributed by atoms with Gasteiger partial charge >= 0.3 is 0 Å². The van der Waals surface area contributed by atoms with E-state index in [0.29, 0.717) is 5.92 Å². The van der Waals surface area contributed by atoms with Crippen LogP contribution < -0.4 is 5.32 Å². The van der Waals surface area contributed by atoms with Gasteiger partial charge in [0.15, 0.2) is 0 Å². The molecular formula is C16H21NO. The molecule has 2 bridgehead atoms. The smallest absolute Gasteiger partial charge is 0.227 e. The van der Waals surface area contributed by atoms with E-state index in [1.54, 1.807) is 0 Å². The molecule has 2 saturated carbocycles. The molecule has 1 N–H and O–H groups in total. The molecule has 2 aliphatic rings. The van der Waals surface area contributed by atoms with Crippen LogP contribution in [0.15, 0.2) is 18.2 Å². The van der Waals surface area contributed by atoms with Crippen molar-refractivity contribution in [2.75, 3.05) is 5.32 Å². The fourth-order valence-corrected chi connectivity index (χ4v) is 3.68. The third kappa shape index (κ3) is 1.94. The van der Waals surface area contributed by atoms with E-state index in [1.807, 2.05) is 12.1 Å². The lowest BCUT2D eigenvalue weighted by molar-refractivity contribution is -0.121. The number of carbonyl (C=O) groups is 1. The predicted octanol–water partition coefficient (Wildman–Crippen LogP) is 3.68. The molecule has 1 aromatic carbocycles. The maximum atomic E-state index is 12.4. The molecule has 2 aliphatic carbocycles. The minimum atomic E-state index is 0.246. The average Bonchev–Trinajstić information content (AvgIpc) is 2.97. The standard InChI is InChI=1S/C16H21NO/c1-10-4-3-5-15(11(10)2)17-16(18)14-9-12-6-7-13(14)8-12/h3-5,12-14H,6-9H2,1-2H3,(H,17,18)/t12-,13-,14+/m0/s1. The highest BCUT2D eigenvalue weighted by atomic mass is 16.1. The maximum Gasteiger partial charge on any atom is 0.227 e. The highest BCUT2D eigenvalue weighted by molar-refractivity contribution is 5.93. The van der Waals surface area contributed by atoms with Crippen molar-refractivity contribution >= 4 is 11.6 Å². The molecule has 3 rings (SSSR count). The van der Waals surface area contributed by atoms with Gasteiger partial charge in [-0.15, -0.1) is 0 Å². The second-order valence-electron chi connectivity index (χ2n) is 6.02. The molecule has 2 heteroatoms. The largest absolute Gasteiger partial charge is 0.326 e. The zero-order valence-corrected chi connectivity index (χ0v) is 11.2. The van der Waals surface area contributed by atoms with Crippen LogP contribution in [0.2, 0.25) is 0 Å². The van der Waals surface area contributed by atoms with Crippen LogP contribution in [0.1, 0.15) is 36.8 Å². The number of hydrogen-bond acceptors (Lipinski definition) is 1. The van der Waals surface area contributed by atoms with Crippen LogP contribution in [0.5, 0.6) is 0 Å². The first-order chi connectivity index (χ1) is 8.65. The van der Waals surface area contributed by atoms with E-state index < -0.39 is 0 Å². The minimum absolute atomic E-state index is 0.246. The molecule has 1 aromatic rings. The van der Waals surface area contributed by atoms with E-state index in [4.69, 9.17) is 0 Å². The lowest BCUT2D eigenvalue weighted by atomic mass is 9.88. The van der Waals surface area contributed by atoms with Crippen molar-refractivity contribution in [1.82, 2.24) is 0 Å². The SMILES string of the molecule is Cc1cccc(NC(=O)[C@@H]2C[C@H]3CC[C@H]2C3)c1C. The second-order valence-corrected chi connectivity index (χ2v) is 6.02. The lowest BCUT2D eigenvalue weighted by Gasteiger charge is -2.21. The fraction of sp³-hybridized carbons (Fsp3) is 0.562. The second kappa shape index (κ2) is 4.42. The van der Waals surface area contributed by atoms with Crippen LogP contribution in [-0.2, 0) is 4.79 Å². The molecule has 0 saturated heterocycles. The summed E-state index contributed by atoms with van der Waals surface area (Å²) < 4.78 is 0.